The summed E-state index contributed by atoms with van der Waals surface area (Å²) in [4.78, 5) is 0. The maximum Gasteiger partial charge on any atom is 0.277 e. The van der Waals surface area contributed by atoms with Gasteiger partial charge in [-0.2, -0.15) is 0 Å². The zero-order chi connectivity index (χ0) is 16.2. The molecule has 0 aliphatic rings. The molecule has 0 amide bonds. The van der Waals surface area contributed by atoms with E-state index < -0.39 is 0 Å². The lowest BCUT2D eigenvalue weighted by atomic mass is 10.2. The van der Waals surface area contributed by atoms with Crippen LogP contribution in [-0.2, 0) is 12.2 Å². The molecule has 2 aromatic heterocycles. The van der Waals surface area contributed by atoms with E-state index in [0.717, 1.165) is 12.8 Å². The molecule has 6 nitrogen and oxygen atoms in total. The van der Waals surface area contributed by atoms with Crippen LogP contribution in [0.5, 0.6) is 0 Å². The number of hydrogen-bond acceptors (Lipinski definition) is 7. The van der Waals surface area contributed by atoms with Crippen LogP contribution in [0.15, 0.2) is 32.3 Å². The van der Waals surface area contributed by atoms with Crippen LogP contribution in [0.1, 0.15) is 25.1 Å². The summed E-state index contributed by atoms with van der Waals surface area (Å²) >= 11 is 13.3. The van der Waals surface area contributed by atoms with Gasteiger partial charge in [0.15, 0.2) is 0 Å². The molecular weight excluding hydrogens is 359 g/mol. The van der Waals surface area contributed by atoms with Crippen LogP contribution in [0.3, 0.4) is 0 Å². The fourth-order valence-electron chi connectivity index (χ4n) is 1.82. The van der Waals surface area contributed by atoms with E-state index in [2.05, 4.69) is 27.3 Å². The number of hydrogen-bond donors (Lipinski definition) is 0. The lowest BCUT2D eigenvalue weighted by Crippen LogP contribution is -1.80. The molecule has 0 aliphatic heterocycles. The summed E-state index contributed by atoms with van der Waals surface area (Å²) in [7, 11) is 0. The van der Waals surface area contributed by atoms with Gasteiger partial charge in [-0.25, -0.2) is 0 Å². The highest BCUT2D eigenvalue weighted by molar-refractivity contribution is 7.98. The molecule has 1 aromatic carbocycles. The lowest BCUT2D eigenvalue weighted by molar-refractivity contribution is 0.411. The zero-order valence-corrected chi connectivity index (χ0v) is 14.5. The molecule has 0 N–H and O–H groups in total. The van der Waals surface area contributed by atoms with Crippen molar-refractivity contribution in [2.24, 2.45) is 0 Å². The van der Waals surface area contributed by atoms with Crippen molar-refractivity contribution in [2.45, 2.75) is 30.7 Å². The Hall–Kier alpha value is -1.57. The second-order valence-corrected chi connectivity index (χ2v) is 6.40. The fraction of sp³-hybridized carbons (Fsp3) is 0.286. The van der Waals surface area contributed by atoms with E-state index in [9.17, 15) is 0 Å². The quantitative estimate of drug-likeness (QED) is 0.583. The number of nitrogens with zero attached hydrogens (tertiary/aromatic N) is 4. The van der Waals surface area contributed by atoms with Crippen molar-refractivity contribution in [3.63, 3.8) is 0 Å². The Morgan fingerprint density at radius 3 is 2.65 bits per heavy atom. The number of halogens is 2. The van der Waals surface area contributed by atoms with Crippen molar-refractivity contribution in [1.82, 2.24) is 20.4 Å². The Labute approximate surface area is 146 Å². The molecule has 0 saturated heterocycles. The minimum atomic E-state index is 0.347. The Morgan fingerprint density at radius 2 is 1.87 bits per heavy atom. The second-order valence-electron chi connectivity index (χ2n) is 4.63. The second kappa shape index (κ2) is 7.33. The van der Waals surface area contributed by atoms with Crippen molar-refractivity contribution in [3.8, 4) is 11.5 Å². The minimum absolute atomic E-state index is 0.347. The third-order valence-electron chi connectivity index (χ3n) is 2.86. The molecule has 0 bridgehead atoms. The minimum Gasteiger partial charge on any atom is -0.420 e. The highest BCUT2D eigenvalue weighted by Gasteiger charge is 2.14. The maximum absolute atomic E-state index is 6.13. The van der Waals surface area contributed by atoms with Crippen LogP contribution >= 0.6 is 35.0 Å². The molecule has 0 fully saturated rings. The van der Waals surface area contributed by atoms with Gasteiger partial charge in [-0.15, -0.1) is 20.4 Å². The normalized spacial score (nSPS) is 11.1. The summed E-state index contributed by atoms with van der Waals surface area (Å²) in [6, 6.07) is 5.09. The smallest absolute Gasteiger partial charge is 0.277 e. The molecule has 0 radical (unpaired) electrons. The van der Waals surface area contributed by atoms with Crippen molar-refractivity contribution in [3.05, 3.63) is 40.0 Å². The first kappa shape index (κ1) is 16.3. The van der Waals surface area contributed by atoms with Gasteiger partial charge >= 0.3 is 0 Å². The zero-order valence-electron chi connectivity index (χ0n) is 12.1. The van der Waals surface area contributed by atoms with Crippen LogP contribution in [0.4, 0.5) is 0 Å². The van der Waals surface area contributed by atoms with Gasteiger partial charge in [-0.3, -0.25) is 0 Å². The Bertz CT molecular complexity index is 806. The molecular formula is C14H12Cl2N4O2S. The fourth-order valence-corrected chi connectivity index (χ4v) is 2.93. The van der Waals surface area contributed by atoms with Crippen LogP contribution in [-0.4, -0.2) is 20.4 Å². The molecule has 9 heteroatoms. The van der Waals surface area contributed by atoms with Gasteiger partial charge in [0.25, 0.3) is 5.22 Å². The van der Waals surface area contributed by atoms with Gasteiger partial charge in [0.1, 0.15) is 0 Å². The molecule has 120 valence electrons. The van der Waals surface area contributed by atoms with E-state index in [0.29, 0.717) is 44.3 Å². The SMILES string of the molecule is CCCc1nnc(SCc2nnc(-c3ccc(Cl)cc3Cl)o2)o1. The van der Waals surface area contributed by atoms with E-state index in [-0.39, 0.29) is 0 Å². The van der Waals surface area contributed by atoms with E-state index in [1.807, 2.05) is 0 Å². The largest absolute Gasteiger partial charge is 0.420 e. The Kier molecular flexibility index (Phi) is 5.20. The van der Waals surface area contributed by atoms with E-state index in [1.165, 1.54) is 11.8 Å². The number of rotatable bonds is 6. The summed E-state index contributed by atoms with van der Waals surface area (Å²) in [5, 5.41) is 17.4. The van der Waals surface area contributed by atoms with Gasteiger partial charge in [0.2, 0.25) is 17.7 Å². The van der Waals surface area contributed by atoms with Crippen LogP contribution < -0.4 is 0 Å². The predicted octanol–water partition coefficient (Wildman–Crippen LogP) is 4.67. The van der Waals surface area contributed by atoms with Gasteiger partial charge in [0, 0.05) is 11.4 Å². The van der Waals surface area contributed by atoms with Crippen molar-refractivity contribution >= 4 is 35.0 Å². The molecule has 3 aromatic rings. The van der Waals surface area contributed by atoms with E-state index in [4.69, 9.17) is 32.0 Å². The number of thioether (sulfide) groups is 1. The number of benzene rings is 1. The first-order chi connectivity index (χ1) is 11.2. The first-order valence-electron chi connectivity index (χ1n) is 6.88. The molecule has 3 rings (SSSR count). The highest BCUT2D eigenvalue weighted by atomic mass is 35.5. The van der Waals surface area contributed by atoms with E-state index in [1.54, 1.807) is 18.2 Å². The van der Waals surface area contributed by atoms with Crippen LogP contribution in [0.2, 0.25) is 10.0 Å². The first-order valence-corrected chi connectivity index (χ1v) is 8.63. The average Bonchev–Trinajstić information content (AvgIpc) is 3.15. The standard InChI is InChI=1S/C14H12Cl2N4O2S/c1-2-3-11-17-20-14(22-11)23-7-12-18-19-13(21-12)9-5-4-8(15)6-10(9)16/h4-6H,2-3,7H2,1H3. The van der Waals surface area contributed by atoms with Gasteiger partial charge < -0.3 is 8.83 Å². The van der Waals surface area contributed by atoms with Gasteiger partial charge in [0.05, 0.1) is 16.3 Å². The number of aryl methyl sites for hydroxylation is 1. The predicted molar refractivity (Wildman–Crippen MR) is 87.6 cm³/mol. The van der Waals surface area contributed by atoms with Crippen molar-refractivity contribution in [2.75, 3.05) is 0 Å². The molecule has 0 atom stereocenters. The summed E-state index contributed by atoms with van der Waals surface area (Å²) in [6.07, 6.45) is 1.73. The molecule has 0 spiro atoms. The molecule has 0 aliphatic carbocycles. The third-order valence-corrected chi connectivity index (χ3v) is 4.21. The molecule has 0 saturated carbocycles. The monoisotopic (exact) mass is 370 g/mol. The van der Waals surface area contributed by atoms with E-state index >= 15 is 0 Å². The van der Waals surface area contributed by atoms with Crippen molar-refractivity contribution in [1.29, 1.82) is 0 Å². The molecule has 2 heterocycles. The summed E-state index contributed by atoms with van der Waals surface area (Å²) < 4.78 is 11.1. The average molecular weight is 371 g/mol. The van der Waals surface area contributed by atoms with Gasteiger partial charge in [-0.1, -0.05) is 41.9 Å². The van der Waals surface area contributed by atoms with Gasteiger partial charge in [-0.05, 0) is 24.6 Å². The molecule has 23 heavy (non-hydrogen) atoms. The molecule has 0 unspecified atom stereocenters. The highest BCUT2D eigenvalue weighted by Crippen LogP contribution is 2.30. The Balaban J connectivity index is 1.67. The topological polar surface area (TPSA) is 77.8 Å². The van der Waals surface area contributed by atoms with Crippen LogP contribution in [0, 0.1) is 0 Å². The Morgan fingerprint density at radius 1 is 1.04 bits per heavy atom. The van der Waals surface area contributed by atoms with Crippen LogP contribution in [0.25, 0.3) is 11.5 Å². The summed E-state index contributed by atoms with van der Waals surface area (Å²) in [5.74, 6) is 1.87. The van der Waals surface area contributed by atoms with Crippen molar-refractivity contribution < 1.29 is 8.83 Å². The number of aromatic nitrogens is 4. The maximum atomic E-state index is 6.13. The summed E-state index contributed by atoms with van der Waals surface area (Å²) in [6.45, 7) is 2.05. The lowest BCUT2D eigenvalue weighted by Gasteiger charge is -1.98. The third kappa shape index (κ3) is 4.04. The summed E-state index contributed by atoms with van der Waals surface area (Å²) in [5.41, 5.74) is 0.642.